The number of rotatable bonds is 4. The number of nitrogens with two attached hydrogens (primary N) is 1. The van der Waals surface area contributed by atoms with Crippen LogP contribution in [-0.2, 0) is 7.05 Å². The first-order valence-corrected chi connectivity index (χ1v) is 6.47. The zero-order valence-corrected chi connectivity index (χ0v) is 12.2. The molecule has 0 aliphatic carbocycles. The van der Waals surface area contributed by atoms with Crippen molar-refractivity contribution in [2.24, 2.45) is 12.8 Å². The largest absolute Gasteiger partial charge is 0.389 e. The van der Waals surface area contributed by atoms with Gasteiger partial charge in [0.25, 0.3) is 0 Å². The molecule has 0 saturated heterocycles. The fourth-order valence-corrected chi connectivity index (χ4v) is 2.13. The fourth-order valence-electron chi connectivity index (χ4n) is 1.77. The van der Waals surface area contributed by atoms with Crippen molar-refractivity contribution in [2.75, 3.05) is 5.32 Å². The van der Waals surface area contributed by atoms with E-state index < -0.39 is 0 Å². The molecule has 0 radical (unpaired) electrons. The first kappa shape index (κ1) is 13.8. The van der Waals surface area contributed by atoms with Crippen LogP contribution >= 0.6 is 23.8 Å². The SMILES string of the molecule is CC(Nc1ccc(C(N)=S)cc1Cl)c1nncn1C. The molecule has 2 rings (SSSR count). The molecular weight excluding hydrogens is 282 g/mol. The molecule has 1 unspecified atom stereocenters. The molecule has 0 bridgehead atoms. The van der Waals surface area contributed by atoms with Gasteiger partial charge in [0.2, 0.25) is 0 Å². The Morgan fingerprint density at radius 2 is 2.26 bits per heavy atom. The third-order valence-corrected chi connectivity index (χ3v) is 3.31. The topological polar surface area (TPSA) is 68.8 Å². The second-order valence-electron chi connectivity index (χ2n) is 4.22. The van der Waals surface area contributed by atoms with Crippen molar-refractivity contribution in [2.45, 2.75) is 13.0 Å². The van der Waals surface area contributed by atoms with Gasteiger partial charge in [-0.25, -0.2) is 0 Å². The third-order valence-electron chi connectivity index (χ3n) is 2.76. The number of hydrogen-bond acceptors (Lipinski definition) is 4. The van der Waals surface area contributed by atoms with Crippen molar-refractivity contribution in [1.82, 2.24) is 14.8 Å². The van der Waals surface area contributed by atoms with Gasteiger partial charge in [-0.05, 0) is 25.1 Å². The molecule has 0 fully saturated rings. The van der Waals surface area contributed by atoms with Crippen LogP contribution in [0.3, 0.4) is 0 Å². The summed E-state index contributed by atoms with van der Waals surface area (Å²) in [5.41, 5.74) is 7.11. The van der Waals surface area contributed by atoms with Gasteiger partial charge in [-0.15, -0.1) is 10.2 Å². The minimum atomic E-state index is -0.0133. The number of hydrogen-bond donors (Lipinski definition) is 2. The molecule has 0 aliphatic rings. The maximum Gasteiger partial charge on any atom is 0.154 e. The van der Waals surface area contributed by atoms with Crippen LogP contribution in [0.1, 0.15) is 24.4 Å². The van der Waals surface area contributed by atoms with E-state index >= 15 is 0 Å². The monoisotopic (exact) mass is 295 g/mol. The molecule has 0 aliphatic heterocycles. The Hall–Kier alpha value is -1.66. The molecule has 2 aromatic rings. The second kappa shape index (κ2) is 5.54. The lowest BCUT2D eigenvalue weighted by Gasteiger charge is -2.16. The molecule has 1 aromatic heterocycles. The van der Waals surface area contributed by atoms with E-state index in [9.17, 15) is 0 Å². The van der Waals surface area contributed by atoms with Gasteiger partial charge in [0.1, 0.15) is 11.3 Å². The van der Waals surface area contributed by atoms with Gasteiger partial charge in [-0.3, -0.25) is 0 Å². The van der Waals surface area contributed by atoms with Gasteiger partial charge in [-0.1, -0.05) is 23.8 Å². The lowest BCUT2D eigenvalue weighted by atomic mass is 10.2. The number of aromatic nitrogens is 3. The molecule has 19 heavy (non-hydrogen) atoms. The summed E-state index contributed by atoms with van der Waals surface area (Å²) in [4.78, 5) is 0.329. The maximum atomic E-state index is 6.20. The molecule has 1 atom stereocenters. The highest BCUT2D eigenvalue weighted by molar-refractivity contribution is 7.80. The van der Waals surface area contributed by atoms with Crippen LogP contribution < -0.4 is 11.1 Å². The second-order valence-corrected chi connectivity index (χ2v) is 5.07. The molecule has 100 valence electrons. The maximum absolute atomic E-state index is 6.20. The number of benzene rings is 1. The van der Waals surface area contributed by atoms with Gasteiger partial charge >= 0.3 is 0 Å². The lowest BCUT2D eigenvalue weighted by Crippen LogP contribution is -2.13. The minimum absolute atomic E-state index is 0.0133. The average Bonchev–Trinajstić information content (AvgIpc) is 2.77. The zero-order chi connectivity index (χ0) is 14.0. The Morgan fingerprint density at radius 3 is 2.79 bits per heavy atom. The molecule has 0 saturated carbocycles. The molecule has 1 aromatic carbocycles. The normalized spacial score (nSPS) is 12.2. The van der Waals surface area contributed by atoms with Gasteiger partial charge in [0.15, 0.2) is 5.82 Å². The first-order chi connectivity index (χ1) is 8.99. The van der Waals surface area contributed by atoms with Crippen LogP contribution in [0.25, 0.3) is 0 Å². The van der Waals surface area contributed by atoms with Gasteiger partial charge in [-0.2, -0.15) is 0 Å². The summed E-state index contributed by atoms with van der Waals surface area (Å²) in [6.45, 7) is 1.99. The zero-order valence-electron chi connectivity index (χ0n) is 10.6. The number of thiocarbonyl (C=S) groups is 1. The Labute approximate surface area is 121 Å². The number of aryl methyl sites for hydroxylation is 1. The first-order valence-electron chi connectivity index (χ1n) is 5.69. The van der Waals surface area contributed by atoms with Crippen molar-refractivity contribution in [3.05, 3.63) is 40.9 Å². The molecule has 3 N–H and O–H groups in total. The Kier molecular flexibility index (Phi) is 4.01. The van der Waals surface area contributed by atoms with Crippen LogP contribution in [0.2, 0.25) is 5.02 Å². The Balaban J connectivity index is 2.20. The molecule has 1 heterocycles. The van der Waals surface area contributed by atoms with Crippen molar-refractivity contribution in [3.8, 4) is 0 Å². The highest BCUT2D eigenvalue weighted by Crippen LogP contribution is 2.26. The van der Waals surface area contributed by atoms with Crippen LogP contribution in [0.4, 0.5) is 5.69 Å². The standard InChI is InChI=1S/C12H14ClN5S/c1-7(12-17-15-6-18(12)2)16-10-4-3-8(11(14)19)5-9(10)13/h3-7,16H,1-2H3,(H2,14,19). The van der Waals surface area contributed by atoms with E-state index in [0.717, 1.165) is 17.1 Å². The highest BCUT2D eigenvalue weighted by Gasteiger charge is 2.13. The van der Waals surface area contributed by atoms with Gasteiger partial charge < -0.3 is 15.6 Å². The predicted octanol–water partition coefficient (Wildman–Crippen LogP) is 2.28. The summed E-state index contributed by atoms with van der Waals surface area (Å²) in [7, 11) is 1.89. The summed E-state index contributed by atoms with van der Waals surface area (Å²) >= 11 is 11.1. The predicted molar refractivity (Wildman–Crippen MR) is 80.4 cm³/mol. The van der Waals surface area contributed by atoms with Crippen molar-refractivity contribution < 1.29 is 0 Å². The van der Waals surface area contributed by atoms with E-state index in [1.54, 1.807) is 12.4 Å². The summed E-state index contributed by atoms with van der Waals surface area (Å²) in [5.74, 6) is 0.828. The third kappa shape index (κ3) is 3.02. The summed E-state index contributed by atoms with van der Waals surface area (Å²) in [6.07, 6.45) is 1.66. The van der Waals surface area contributed by atoms with E-state index in [0.29, 0.717) is 10.0 Å². The Bertz CT molecular complexity index is 610. The number of nitrogens with zero attached hydrogens (tertiary/aromatic N) is 3. The van der Waals surface area contributed by atoms with Crippen molar-refractivity contribution in [3.63, 3.8) is 0 Å². The van der Waals surface area contributed by atoms with Crippen molar-refractivity contribution in [1.29, 1.82) is 0 Å². The van der Waals surface area contributed by atoms with Crippen LogP contribution in [0.15, 0.2) is 24.5 Å². The van der Waals surface area contributed by atoms with E-state index in [1.165, 1.54) is 0 Å². The number of nitrogens with one attached hydrogen (secondary N) is 1. The van der Waals surface area contributed by atoms with Crippen LogP contribution in [0.5, 0.6) is 0 Å². The Morgan fingerprint density at radius 1 is 1.53 bits per heavy atom. The highest BCUT2D eigenvalue weighted by atomic mass is 35.5. The minimum Gasteiger partial charge on any atom is -0.389 e. The number of halogens is 1. The quantitative estimate of drug-likeness (QED) is 0.847. The van der Waals surface area contributed by atoms with Gasteiger partial charge in [0, 0.05) is 12.6 Å². The molecule has 5 nitrogen and oxygen atoms in total. The van der Waals surface area contributed by atoms with E-state index in [-0.39, 0.29) is 6.04 Å². The summed E-state index contributed by atoms with van der Waals surface area (Å²) in [5, 5.41) is 11.8. The van der Waals surface area contributed by atoms with E-state index in [1.807, 2.05) is 30.7 Å². The summed E-state index contributed by atoms with van der Waals surface area (Å²) in [6, 6.07) is 5.42. The van der Waals surface area contributed by atoms with Crippen LogP contribution in [0, 0.1) is 0 Å². The van der Waals surface area contributed by atoms with Crippen LogP contribution in [-0.4, -0.2) is 19.8 Å². The molecule has 0 spiro atoms. The van der Waals surface area contributed by atoms with Crippen molar-refractivity contribution >= 4 is 34.5 Å². The summed E-state index contributed by atoms with van der Waals surface area (Å²) < 4.78 is 1.86. The van der Waals surface area contributed by atoms with Gasteiger partial charge in [0.05, 0.1) is 16.8 Å². The smallest absolute Gasteiger partial charge is 0.154 e. The van der Waals surface area contributed by atoms with E-state index in [2.05, 4.69) is 15.5 Å². The fraction of sp³-hybridized carbons (Fsp3) is 0.250. The number of anilines is 1. The molecular formula is C12H14ClN5S. The van der Waals surface area contributed by atoms with E-state index in [4.69, 9.17) is 29.6 Å². The molecule has 0 amide bonds. The average molecular weight is 296 g/mol. The molecule has 7 heteroatoms. The lowest BCUT2D eigenvalue weighted by molar-refractivity contribution is 0.719.